The van der Waals surface area contributed by atoms with E-state index in [1.807, 2.05) is 12.1 Å². The summed E-state index contributed by atoms with van der Waals surface area (Å²) in [5, 5.41) is 8.90. The SMILES string of the molecule is COc1ccc([C@H]2O[C@@]2(C)C(=O)O)cc1. The first-order valence-electron chi connectivity index (χ1n) is 4.63. The minimum Gasteiger partial charge on any atom is -0.497 e. The second kappa shape index (κ2) is 3.24. The largest absolute Gasteiger partial charge is 0.497 e. The number of benzene rings is 1. The van der Waals surface area contributed by atoms with Crippen molar-refractivity contribution in [3.8, 4) is 5.75 Å². The first-order valence-corrected chi connectivity index (χ1v) is 4.63. The Kier molecular flexibility index (Phi) is 2.16. The van der Waals surface area contributed by atoms with Crippen LogP contribution in [0.1, 0.15) is 18.6 Å². The van der Waals surface area contributed by atoms with E-state index in [0.717, 1.165) is 11.3 Å². The lowest BCUT2D eigenvalue weighted by Crippen LogP contribution is -2.20. The van der Waals surface area contributed by atoms with Gasteiger partial charge in [0.25, 0.3) is 0 Å². The molecule has 1 aliphatic rings. The monoisotopic (exact) mass is 208 g/mol. The van der Waals surface area contributed by atoms with E-state index in [1.165, 1.54) is 0 Å². The first-order chi connectivity index (χ1) is 7.08. The molecule has 2 rings (SSSR count). The summed E-state index contributed by atoms with van der Waals surface area (Å²) < 4.78 is 10.2. The Morgan fingerprint density at radius 1 is 1.47 bits per heavy atom. The second-order valence-electron chi connectivity index (χ2n) is 3.68. The maximum Gasteiger partial charge on any atom is 0.338 e. The molecule has 0 bridgehead atoms. The standard InChI is InChI=1S/C11H12O4/c1-11(10(12)13)9(15-11)7-3-5-8(14-2)6-4-7/h3-6,9H,1-2H3,(H,12,13)/t9-,11-/m1/s1. The normalized spacial score (nSPS) is 28.5. The van der Waals surface area contributed by atoms with Crippen molar-refractivity contribution in [2.24, 2.45) is 0 Å². The van der Waals surface area contributed by atoms with E-state index >= 15 is 0 Å². The molecule has 1 aromatic carbocycles. The van der Waals surface area contributed by atoms with E-state index in [-0.39, 0.29) is 6.10 Å². The van der Waals surface area contributed by atoms with Gasteiger partial charge < -0.3 is 14.6 Å². The molecule has 4 nitrogen and oxygen atoms in total. The Bertz CT molecular complexity index is 384. The number of aliphatic carboxylic acids is 1. The topological polar surface area (TPSA) is 59.1 Å². The highest BCUT2D eigenvalue weighted by Crippen LogP contribution is 2.49. The van der Waals surface area contributed by atoms with Gasteiger partial charge in [0.15, 0.2) is 5.60 Å². The molecule has 80 valence electrons. The molecule has 15 heavy (non-hydrogen) atoms. The fraction of sp³-hybridized carbons (Fsp3) is 0.364. The smallest absolute Gasteiger partial charge is 0.338 e. The summed E-state index contributed by atoms with van der Waals surface area (Å²) in [6.45, 7) is 1.57. The van der Waals surface area contributed by atoms with Gasteiger partial charge in [0.1, 0.15) is 11.9 Å². The summed E-state index contributed by atoms with van der Waals surface area (Å²) >= 11 is 0. The number of rotatable bonds is 3. The molecule has 0 saturated carbocycles. The van der Waals surface area contributed by atoms with Gasteiger partial charge in [-0.2, -0.15) is 0 Å². The lowest BCUT2D eigenvalue weighted by molar-refractivity contribution is -0.142. The highest BCUT2D eigenvalue weighted by atomic mass is 16.6. The van der Waals surface area contributed by atoms with Gasteiger partial charge in [0.05, 0.1) is 7.11 Å². The van der Waals surface area contributed by atoms with Crippen LogP contribution in [-0.4, -0.2) is 23.8 Å². The predicted octanol–water partition coefficient (Wildman–Crippen LogP) is 1.61. The molecule has 1 N–H and O–H groups in total. The summed E-state index contributed by atoms with van der Waals surface area (Å²) in [5.74, 6) is -0.181. The van der Waals surface area contributed by atoms with Gasteiger partial charge in [0.2, 0.25) is 0 Å². The van der Waals surface area contributed by atoms with Gasteiger partial charge in [-0.15, -0.1) is 0 Å². The van der Waals surface area contributed by atoms with Crippen LogP contribution in [-0.2, 0) is 9.53 Å². The number of ether oxygens (including phenoxy) is 2. The van der Waals surface area contributed by atoms with E-state index in [1.54, 1.807) is 26.2 Å². The average molecular weight is 208 g/mol. The van der Waals surface area contributed by atoms with Crippen molar-refractivity contribution in [3.63, 3.8) is 0 Å². The van der Waals surface area contributed by atoms with Gasteiger partial charge in [-0.25, -0.2) is 4.79 Å². The molecule has 0 amide bonds. The molecule has 1 heterocycles. The quantitative estimate of drug-likeness (QED) is 0.766. The highest BCUT2D eigenvalue weighted by molar-refractivity contribution is 5.81. The molecule has 0 spiro atoms. The van der Waals surface area contributed by atoms with Gasteiger partial charge in [0, 0.05) is 0 Å². The van der Waals surface area contributed by atoms with Crippen LogP contribution in [0.4, 0.5) is 0 Å². The third kappa shape index (κ3) is 1.57. The van der Waals surface area contributed by atoms with Crippen molar-refractivity contribution in [2.45, 2.75) is 18.6 Å². The highest BCUT2D eigenvalue weighted by Gasteiger charge is 2.59. The molecule has 1 fully saturated rings. The van der Waals surface area contributed by atoms with Gasteiger partial charge >= 0.3 is 5.97 Å². The van der Waals surface area contributed by atoms with E-state index in [2.05, 4.69) is 0 Å². The molecular formula is C11H12O4. The number of hydrogen-bond donors (Lipinski definition) is 1. The van der Waals surface area contributed by atoms with Crippen molar-refractivity contribution in [1.29, 1.82) is 0 Å². The molecule has 2 atom stereocenters. The van der Waals surface area contributed by atoms with Crippen LogP contribution in [0.2, 0.25) is 0 Å². The maximum absolute atomic E-state index is 10.8. The van der Waals surface area contributed by atoms with Gasteiger partial charge in [-0.05, 0) is 24.6 Å². The molecule has 4 heteroatoms. The summed E-state index contributed by atoms with van der Waals surface area (Å²) in [6, 6.07) is 7.22. The lowest BCUT2D eigenvalue weighted by Gasteiger charge is -2.01. The Balaban J connectivity index is 2.16. The average Bonchev–Trinajstić information content (AvgIpc) is 2.93. The zero-order chi connectivity index (χ0) is 11.1. The Morgan fingerprint density at radius 3 is 2.47 bits per heavy atom. The molecule has 0 radical (unpaired) electrons. The lowest BCUT2D eigenvalue weighted by atomic mass is 10.0. The Labute approximate surface area is 87.4 Å². The van der Waals surface area contributed by atoms with Gasteiger partial charge in [-0.1, -0.05) is 12.1 Å². The number of carboxylic acid groups (broad SMARTS) is 1. The van der Waals surface area contributed by atoms with Gasteiger partial charge in [-0.3, -0.25) is 0 Å². The van der Waals surface area contributed by atoms with Crippen LogP contribution in [0, 0.1) is 0 Å². The van der Waals surface area contributed by atoms with Crippen LogP contribution in [0.5, 0.6) is 5.75 Å². The van der Waals surface area contributed by atoms with Crippen LogP contribution in [0.15, 0.2) is 24.3 Å². The van der Waals surface area contributed by atoms with E-state index < -0.39 is 11.6 Å². The van der Waals surface area contributed by atoms with Crippen LogP contribution >= 0.6 is 0 Å². The number of carbonyl (C=O) groups is 1. The molecule has 0 unspecified atom stereocenters. The number of methoxy groups -OCH3 is 1. The minimum absolute atomic E-state index is 0.346. The van der Waals surface area contributed by atoms with Crippen molar-refractivity contribution < 1.29 is 19.4 Å². The zero-order valence-electron chi connectivity index (χ0n) is 8.56. The van der Waals surface area contributed by atoms with E-state index in [0.29, 0.717) is 0 Å². The fourth-order valence-electron chi connectivity index (χ4n) is 1.54. The molecule has 0 aliphatic carbocycles. The molecule has 1 aliphatic heterocycles. The van der Waals surface area contributed by atoms with Crippen LogP contribution < -0.4 is 4.74 Å². The first kappa shape index (κ1) is 9.98. The molecular weight excluding hydrogens is 196 g/mol. The summed E-state index contributed by atoms with van der Waals surface area (Å²) in [5.41, 5.74) is -0.199. The van der Waals surface area contributed by atoms with Crippen molar-refractivity contribution in [2.75, 3.05) is 7.11 Å². The number of carboxylic acids is 1. The number of hydrogen-bond acceptors (Lipinski definition) is 3. The van der Waals surface area contributed by atoms with Crippen molar-refractivity contribution in [1.82, 2.24) is 0 Å². The van der Waals surface area contributed by atoms with Crippen LogP contribution in [0.25, 0.3) is 0 Å². The predicted molar refractivity (Wildman–Crippen MR) is 52.9 cm³/mol. The number of epoxide rings is 1. The summed E-state index contributed by atoms with van der Waals surface area (Å²) in [7, 11) is 1.59. The van der Waals surface area contributed by atoms with E-state index in [9.17, 15) is 4.79 Å². The minimum atomic E-state index is -1.06. The molecule has 0 aromatic heterocycles. The second-order valence-corrected chi connectivity index (χ2v) is 3.68. The summed E-state index contributed by atoms with van der Waals surface area (Å²) in [4.78, 5) is 10.8. The summed E-state index contributed by atoms with van der Waals surface area (Å²) in [6.07, 6.45) is -0.346. The molecule has 1 saturated heterocycles. The molecule has 1 aromatic rings. The third-order valence-electron chi connectivity index (χ3n) is 2.65. The fourth-order valence-corrected chi connectivity index (χ4v) is 1.54. The Morgan fingerprint density at radius 2 is 2.07 bits per heavy atom. The Hall–Kier alpha value is -1.55. The maximum atomic E-state index is 10.8. The van der Waals surface area contributed by atoms with Crippen molar-refractivity contribution >= 4 is 5.97 Å². The van der Waals surface area contributed by atoms with Crippen molar-refractivity contribution in [3.05, 3.63) is 29.8 Å². The zero-order valence-corrected chi connectivity index (χ0v) is 8.56. The third-order valence-corrected chi connectivity index (χ3v) is 2.65. The van der Waals surface area contributed by atoms with E-state index in [4.69, 9.17) is 14.6 Å². The van der Waals surface area contributed by atoms with Crippen LogP contribution in [0.3, 0.4) is 0 Å².